The van der Waals surface area contributed by atoms with E-state index in [9.17, 15) is 8.42 Å². The molecule has 1 aliphatic heterocycles. The molecular weight excluding hydrogens is 378 g/mol. The van der Waals surface area contributed by atoms with Crippen LogP contribution in [0.1, 0.15) is 12.8 Å². The van der Waals surface area contributed by atoms with Gasteiger partial charge in [0, 0.05) is 30.3 Å². The molecule has 0 N–H and O–H groups in total. The third-order valence-corrected chi connectivity index (χ3v) is 6.35. The van der Waals surface area contributed by atoms with E-state index in [0.29, 0.717) is 23.5 Å². The molecule has 1 fully saturated rings. The number of pyridine rings is 1. The molecule has 5 nitrogen and oxygen atoms in total. The van der Waals surface area contributed by atoms with Crippen LogP contribution in [0.3, 0.4) is 0 Å². The monoisotopic (exact) mass is 395 g/mol. The van der Waals surface area contributed by atoms with Gasteiger partial charge in [-0.2, -0.15) is 4.31 Å². The van der Waals surface area contributed by atoms with E-state index in [1.165, 1.54) is 16.6 Å². The summed E-state index contributed by atoms with van der Waals surface area (Å²) in [5.41, 5.74) is 0. The van der Waals surface area contributed by atoms with Crippen LogP contribution >= 0.6 is 27.5 Å². The molecule has 2 heterocycles. The Bertz CT molecular complexity index is 601. The van der Waals surface area contributed by atoms with E-state index in [0.717, 1.165) is 19.4 Å². The highest BCUT2D eigenvalue weighted by molar-refractivity contribution is 9.10. The number of rotatable bonds is 4. The third-order valence-electron chi connectivity index (χ3n) is 3.59. The maximum absolute atomic E-state index is 12.7. The lowest BCUT2D eigenvalue weighted by Crippen LogP contribution is -2.40. The van der Waals surface area contributed by atoms with Crippen LogP contribution in [-0.4, -0.2) is 56.3 Å². The van der Waals surface area contributed by atoms with Crippen molar-refractivity contribution in [3.8, 4) is 0 Å². The van der Waals surface area contributed by atoms with Crippen molar-refractivity contribution in [1.82, 2.24) is 14.2 Å². The van der Waals surface area contributed by atoms with E-state index in [4.69, 9.17) is 11.6 Å². The second-order valence-electron chi connectivity index (χ2n) is 5.55. The summed E-state index contributed by atoms with van der Waals surface area (Å²) < 4.78 is 27.4. The average molecular weight is 397 g/mol. The number of hydrogen-bond donors (Lipinski definition) is 0. The van der Waals surface area contributed by atoms with Crippen LogP contribution in [0.2, 0.25) is 5.15 Å². The second-order valence-corrected chi connectivity index (χ2v) is 8.73. The molecule has 0 atom stereocenters. The fourth-order valence-corrected chi connectivity index (χ4v) is 4.96. The molecule has 1 aromatic heterocycles. The van der Waals surface area contributed by atoms with Crippen molar-refractivity contribution in [2.45, 2.75) is 17.7 Å². The van der Waals surface area contributed by atoms with Crippen LogP contribution in [-0.2, 0) is 10.0 Å². The highest BCUT2D eigenvalue weighted by Gasteiger charge is 2.31. The Morgan fingerprint density at radius 1 is 1.43 bits per heavy atom. The van der Waals surface area contributed by atoms with Crippen molar-refractivity contribution < 1.29 is 8.42 Å². The van der Waals surface area contributed by atoms with Gasteiger partial charge in [0.25, 0.3) is 0 Å². The third kappa shape index (κ3) is 4.16. The van der Waals surface area contributed by atoms with Crippen molar-refractivity contribution in [2.24, 2.45) is 5.92 Å². The van der Waals surface area contributed by atoms with Gasteiger partial charge in [0.15, 0.2) is 0 Å². The Morgan fingerprint density at radius 2 is 2.05 bits per heavy atom. The van der Waals surface area contributed by atoms with E-state index >= 15 is 0 Å². The van der Waals surface area contributed by atoms with E-state index in [1.807, 2.05) is 14.1 Å². The zero-order valence-electron chi connectivity index (χ0n) is 12.1. The van der Waals surface area contributed by atoms with Crippen molar-refractivity contribution in [3.05, 3.63) is 21.9 Å². The van der Waals surface area contributed by atoms with Crippen LogP contribution in [0, 0.1) is 5.92 Å². The minimum absolute atomic E-state index is 0.0219. The lowest BCUT2D eigenvalue weighted by molar-refractivity contribution is 0.225. The van der Waals surface area contributed by atoms with Crippen molar-refractivity contribution in [3.63, 3.8) is 0 Å². The molecule has 8 heteroatoms. The molecule has 1 aliphatic rings. The van der Waals surface area contributed by atoms with Gasteiger partial charge in [-0.05, 0) is 54.9 Å². The van der Waals surface area contributed by atoms with Crippen LogP contribution in [0.4, 0.5) is 0 Å². The summed E-state index contributed by atoms with van der Waals surface area (Å²) in [6, 6.07) is 1.51. The zero-order valence-corrected chi connectivity index (χ0v) is 15.2. The number of piperidine rings is 1. The predicted molar refractivity (Wildman–Crippen MR) is 87.0 cm³/mol. The number of hydrogen-bond acceptors (Lipinski definition) is 4. The second kappa shape index (κ2) is 6.91. The molecule has 0 unspecified atom stereocenters. The normalized spacial score (nSPS) is 18.3. The van der Waals surface area contributed by atoms with E-state index in [2.05, 4.69) is 25.8 Å². The van der Waals surface area contributed by atoms with Crippen LogP contribution in [0.15, 0.2) is 21.6 Å². The van der Waals surface area contributed by atoms with Crippen LogP contribution in [0.5, 0.6) is 0 Å². The molecule has 2 rings (SSSR count). The first-order valence-electron chi connectivity index (χ1n) is 6.76. The fourth-order valence-electron chi connectivity index (χ4n) is 2.57. The Kier molecular flexibility index (Phi) is 5.65. The van der Waals surface area contributed by atoms with Gasteiger partial charge in [0.05, 0.1) is 0 Å². The van der Waals surface area contributed by atoms with Gasteiger partial charge in [0.2, 0.25) is 10.0 Å². The average Bonchev–Trinajstić information content (AvgIpc) is 2.41. The Labute approximate surface area is 139 Å². The summed E-state index contributed by atoms with van der Waals surface area (Å²) in [4.78, 5) is 6.12. The molecule has 0 bridgehead atoms. The molecule has 1 aromatic rings. The summed E-state index contributed by atoms with van der Waals surface area (Å²) in [6.07, 6.45) is 3.23. The molecule has 0 saturated carbocycles. The number of sulfonamides is 1. The quantitative estimate of drug-likeness (QED) is 0.734. The van der Waals surface area contributed by atoms with Crippen LogP contribution < -0.4 is 0 Å². The maximum atomic E-state index is 12.7. The summed E-state index contributed by atoms with van der Waals surface area (Å²) in [7, 11) is 0.504. The lowest BCUT2D eigenvalue weighted by atomic mass is 9.98. The first-order chi connectivity index (χ1) is 9.80. The van der Waals surface area contributed by atoms with Crippen molar-refractivity contribution >= 4 is 37.6 Å². The molecule has 0 radical (unpaired) electrons. The van der Waals surface area contributed by atoms with Gasteiger partial charge in [-0.3, -0.25) is 0 Å². The number of nitrogens with zero attached hydrogens (tertiary/aromatic N) is 3. The minimum Gasteiger partial charge on any atom is -0.309 e. The lowest BCUT2D eigenvalue weighted by Gasteiger charge is -2.32. The standard InChI is InChI=1S/C13H19BrClN3O2S/c1-17(2)9-10-3-5-18(6-4-10)21(19,20)12-7-11(14)8-16-13(12)15/h7-8,10H,3-6,9H2,1-2H3. The van der Waals surface area contributed by atoms with Gasteiger partial charge in [-0.1, -0.05) is 11.6 Å². The van der Waals surface area contributed by atoms with E-state index < -0.39 is 10.0 Å². The molecule has 0 amide bonds. The van der Waals surface area contributed by atoms with E-state index in [-0.39, 0.29) is 10.0 Å². The van der Waals surface area contributed by atoms with Crippen molar-refractivity contribution in [2.75, 3.05) is 33.7 Å². The number of aromatic nitrogens is 1. The molecule has 0 spiro atoms. The predicted octanol–water partition coefficient (Wildman–Crippen LogP) is 2.46. The summed E-state index contributed by atoms with van der Waals surface area (Å²) >= 11 is 9.19. The van der Waals surface area contributed by atoms with Crippen molar-refractivity contribution in [1.29, 1.82) is 0 Å². The molecule has 1 saturated heterocycles. The zero-order chi connectivity index (χ0) is 15.6. The smallest absolute Gasteiger partial charge is 0.246 e. The molecule has 0 aliphatic carbocycles. The number of halogens is 2. The summed E-state index contributed by atoms with van der Waals surface area (Å²) in [6.45, 7) is 2.06. The highest BCUT2D eigenvalue weighted by Crippen LogP contribution is 2.29. The van der Waals surface area contributed by atoms with E-state index in [1.54, 1.807) is 0 Å². The SMILES string of the molecule is CN(C)CC1CCN(S(=O)(=O)c2cc(Br)cnc2Cl)CC1. The topological polar surface area (TPSA) is 53.5 Å². The first-order valence-corrected chi connectivity index (χ1v) is 9.37. The van der Waals surface area contributed by atoms with Crippen LogP contribution in [0.25, 0.3) is 0 Å². The highest BCUT2D eigenvalue weighted by atomic mass is 79.9. The van der Waals surface area contributed by atoms with Gasteiger partial charge in [0.1, 0.15) is 10.0 Å². The first kappa shape index (κ1) is 17.1. The summed E-state index contributed by atoms with van der Waals surface area (Å²) in [5, 5.41) is 0.0219. The Balaban J connectivity index is 2.13. The maximum Gasteiger partial charge on any atom is 0.246 e. The molecular formula is C13H19BrClN3O2S. The molecule has 21 heavy (non-hydrogen) atoms. The molecule has 0 aromatic carbocycles. The Morgan fingerprint density at radius 3 is 2.62 bits per heavy atom. The fraction of sp³-hybridized carbons (Fsp3) is 0.615. The largest absolute Gasteiger partial charge is 0.309 e. The van der Waals surface area contributed by atoms with Gasteiger partial charge >= 0.3 is 0 Å². The van der Waals surface area contributed by atoms with Gasteiger partial charge in [-0.15, -0.1) is 0 Å². The molecule has 118 valence electrons. The van der Waals surface area contributed by atoms with Gasteiger partial charge < -0.3 is 4.90 Å². The van der Waals surface area contributed by atoms with Gasteiger partial charge in [-0.25, -0.2) is 13.4 Å². The Hall–Kier alpha value is -0.210. The summed E-state index contributed by atoms with van der Waals surface area (Å²) in [5.74, 6) is 0.544. The minimum atomic E-state index is -3.57.